The van der Waals surface area contributed by atoms with E-state index in [2.05, 4.69) is 11.1 Å². The van der Waals surface area contributed by atoms with Crippen molar-refractivity contribution >= 4 is 17.4 Å². The van der Waals surface area contributed by atoms with Gasteiger partial charge in [-0.3, -0.25) is 14.2 Å². The molecule has 0 amide bonds. The van der Waals surface area contributed by atoms with Gasteiger partial charge in [-0.2, -0.15) is 0 Å². The van der Waals surface area contributed by atoms with Gasteiger partial charge in [0.05, 0.1) is 22.7 Å². The van der Waals surface area contributed by atoms with E-state index < -0.39 is 16.9 Å². The van der Waals surface area contributed by atoms with Crippen molar-refractivity contribution in [2.75, 3.05) is 19.4 Å². The molecule has 0 saturated carbocycles. The zero-order valence-corrected chi connectivity index (χ0v) is 25.3. The van der Waals surface area contributed by atoms with Crippen molar-refractivity contribution in [1.82, 2.24) is 18.3 Å². The number of halogens is 1. The molecule has 0 spiro atoms. The Labute approximate surface area is 270 Å². The lowest BCUT2D eigenvalue weighted by atomic mass is 10.3. The molecule has 236 valence electrons. The molecule has 0 saturated heterocycles. The molecule has 6 aromatic rings. The average molecular weight is 639 g/mol. The number of para-hydroxylation sites is 4. The first-order valence-corrected chi connectivity index (χ1v) is 14.2. The number of aromatic nitrogens is 4. The minimum atomic E-state index is -0.495. The summed E-state index contributed by atoms with van der Waals surface area (Å²) < 4.78 is 5.04. The monoisotopic (exact) mass is 638 g/mol. The van der Waals surface area contributed by atoms with Crippen molar-refractivity contribution in [1.29, 1.82) is 0 Å². The van der Waals surface area contributed by atoms with E-state index >= 15 is 0 Å². The van der Waals surface area contributed by atoms with E-state index in [0.717, 1.165) is 9.13 Å². The maximum atomic E-state index is 12.9. The summed E-state index contributed by atoms with van der Waals surface area (Å²) >= 11 is 6.08. The van der Waals surface area contributed by atoms with Gasteiger partial charge in [-0.1, -0.05) is 91.8 Å². The Bertz CT molecular complexity index is 2090. The number of hydrogen-bond donors (Lipinski definition) is 2. The second-order valence-electron chi connectivity index (χ2n) is 9.17. The van der Waals surface area contributed by atoms with E-state index in [1.54, 1.807) is 79.8 Å². The number of nitrogens with one attached hydrogen (secondary N) is 1. The summed E-state index contributed by atoms with van der Waals surface area (Å²) in [6.07, 6.45) is 0. The van der Waals surface area contributed by atoms with Gasteiger partial charge in [0.2, 0.25) is 0 Å². The van der Waals surface area contributed by atoms with E-state index in [9.17, 15) is 19.2 Å². The number of benzene rings is 4. The Balaban J connectivity index is 0.000000233. The van der Waals surface area contributed by atoms with Crippen molar-refractivity contribution in [2.45, 2.75) is 7.43 Å². The van der Waals surface area contributed by atoms with E-state index in [-0.39, 0.29) is 18.1 Å². The highest BCUT2D eigenvalue weighted by Crippen LogP contribution is 2.13. The van der Waals surface area contributed by atoms with Crippen LogP contribution in [0, 0.1) is 0 Å². The largest absolute Gasteiger partial charge is 0.374 e. The molecule has 4 aromatic carbocycles. The number of nitrogens with zero attached hydrogens (tertiary/aromatic N) is 4. The highest BCUT2D eigenvalue weighted by Gasteiger charge is 2.14. The van der Waals surface area contributed by atoms with E-state index in [1.807, 2.05) is 48.5 Å². The van der Waals surface area contributed by atoms with Crippen LogP contribution in [-0.4, -0.2) is 32.4 Å². The average Bonchev–Trinajstić information content (AvgIpc) is 3.07. The summed E-state index contributed by atoms with van der Waals surface area (Å²) in [6, 6.07) is 38.5. The Morgan fingerprint density at radius 3 is 1.17 bits per heavy atom. The molecule has 2 aromatic heterocycles. The third-order valence-electron chi connectivity index (χ3n) is 6.48. The predicted molar refractivity (Wildman–Crippen MR) is 187 cm³/mol. The van der Waals surface area contributed by atoms with Crippen molar-refractivity contribution in [3.05, 3.63) is 180 Å². The van der Waals surface area contributed by atoms with Gasteiger partial charge >= 0.3 is 11.4 Å². The Morgan fingerprint density at radius 2 is 0.804 bits per heavy atom. The van der Waals surface area contributed by atoms with Gasteiger partial charge in [0.25, 0.3) is 11.1 Å². The molecule has 0 fully saturated rings. The predicted octanol–water partition coefficient (Wildman–Crippen LogP) is 4.88. The molecule has 0 aliphatic heterocycles. The van der Waals surface area contributed by atoms with Crippen LogP contribution in [0.1, 0.15) is 7.43 Å². The van der Waals surface area contributed by atoms with Crippen LogP contribution >= 0.6 is 11.6 Å². The molecule has 46 heavy (non-hydrogen) atoms. The highest BCUT2D eigenvalue weighted by atomic mass is 35.5. The molecular formula is C35H35ClN6O4. The standard InChI is InChI=1S/C17H15N3O2.C16H11ClN2O2.CH5N.CH4/c1-18-15-12-16(21)20(14-10-6-3-7-11-14)17(22)19(15)13-8-4-2-5-9-13;17-14-11-15(20)19(13-9-5-2-6-10-13)16(21)18(14)12-7-3-1-4-8-12;1-2;/h2-12,18H,1H3;1-11H;2H2,1H3;1H4. The second kappa shape index (κ2) is 16.4. The number of nitrogens with two attached hydrogens (primary N) is 1. The first kappa shape index (κ1) is 34.8. The number of hydrogen-bond acceptors (Lipinski definition) is 6. The fourth-order valence-corrected chi connectivity index (χ4v) is 4.77. The van der Waals surface area contributed by atoms with Crippen LogP contribution in [-0.2, 0) is 0 Å². The van der Waals surface area contributed by atoms with Gasteiger partial charge in [-0.25, -0.2) is 23.3 Å². The minimum Gasteiger partial charge on any atom is -0.374 e. The quantitative estimate of drug-likeness (QED) is 0.259. The van der Waals surface area contributed by atoms with Crippen LogP contribution in [0.5, 0.6) is 0 Å². The second-order valence-corrected chi connectivity index (χ2v) is 9.56. The molecule has 0 atom stereocenters. The summed E-state index contributed by atoms with van der Waals surface area (Å²) in [4.78, 5) is 49.9. The highest BCUT2D eigenvalue weighted by molar-refractivity contribution is 6.29. The van der Waals surface area contributed by atoms with Crippen molar-refractivity contribution in [3.63, 3.8) is 0 Å². The Hall–Kier alpha value is -5.71. The van der Waals surface area contributed by atoms with Crippen LogP contribution in [0.2, 0.25) is 5.15 Å². The van der Waals surface area contributed by atoms with Crippen molar-refractivity contribution in [3.8, 4) is 22.7 Å². The first-order valence-electron chi connectivity index (χ1n) is 13.8. The fourth-order valence-electron chi connectivity index (χ4n) is 4.51. The zero-order chi connectivity index (χ0) is 32.3. The normalized spacial score (nSPS) is 9.91. The van der Waals surface area contributed by atoms with Crippen molar-refractivity contribution < 1.29 is 0 Å². The molecule has 11 heteroatoms. The summed E-state index contributed by atoms with van der Waals surface area (Å²) in [5, 5.41) is 2.99. The van der Waals surface area contributed by atoms with E-state index in [4.69, 9.17) is 11.6 Å². The smallest absolute Gasteiger partial charge is 0.341 e. The first-order chi connectivity index (χ1) is 21.9. The minimum absolute atomic E-state index is 0. The molecular weight excluding hydrogens is 604 g/mol. The summed E-state index contributed by atoms with van der Waals surface area (Å²) in [5.41, 5.74) is 5.13. The molecule has 0 aliphatic carbocycles. The summed E-state index contributed by atoms with van der Waals surface area (Å²) in [6.45, 7) is 0. The summed E-state index contributed by atoms with van der Waals surface area (Å²) in [7, 11) is 3.18. The van der Waals surface area contributed by atoms with Crippen LogP contribution in [0.15, 0.2) is 153 Å². The van der Waals surface area contributed by atoms with Gasteiger partial charge < -0.3 is 11.1 Å². The van der Waals surface area contributed by atoms with E-state index in [0.29, 0.717) is 28.6 Å². The van der Waals surface area contributed by atoms with Crippen molar-refractivity contribution in [2.24, 2.45) is 5.73 Å². The number of anilines is 1. The van der Waals surface area contributed by atoms with E-state index in [1.165, 1.54) is 28.3 Å². The molecule has 10 nitrogen and oxygen atoms in total. The van der Waals surface area contributed by atoms with Crippen LogP contribution < -0.4 is 33.5 Å². The molecule has 2 heterocycles. The lowest BCUT2D eigenvalue weighted by Gasteiger charge is -2.15. The zero-order valence-electron chi connectivity index (χ0n) is 24.6. The fraction of sp³-hybridized carbons (Fsp3) is 0.0857. The molecule has 0 unspecified atom stereocenters. The molecule has 6 rings (SSSR count). The third kappa shape index (κ3) is 7.49. The van der Waals surface area contributed by atoms with Gasteiger partial charge in [0, 0.05) is 19.2 Å². The lowest BCUT2D eigenvalue weighted by Crippen LogP contribution is -2.38. The third-order valence-corrected chi connectivity index (χ3v) is 6.76. The molecule has 3 N–H and O–H groups in total. The number of rotatable bonds is 5. The van der Waals surface area contributed by atoms with Crippen LogP contribution in [0.3, 0.4) is 0 Å². The van der Waals surface area contributed by atoms with Gasteiger partial charge in [0.15, 0.2) is 0 Å². The van der Waals surface area contributed by atoms with Gasteiger partial charge in [-0.05, 0) is 55.6 Å². The van der Waals surface area contributed by atoms with Gasteiger partial charge in [0.1, 0.15) is 11.0 Å². The molecule has 0 bridgehead atoms. The Morgan fingerprint density at radius 1 is 0.500 bits per heavy atom. The topological polar surface area (TPSA) is 126 Å². The molecule has 0 aliphatic rings. The van der Waals surface area contributed by atoms with Gasteiger partial charge in [-0.15, -0.1) is 0 Å². The van der Waals surface area contributed by atoms with Crippen LogP contribution in [0.4, 0.5) is 5.82 Å². The SMILES string of the molecule is C.CN.CNc1cc(=O)n(-c2ccccc2)c(=O)n1-c1ccccc1.O=c1cc(Cl)n(-c2ccccc2)c(=O)n1-c1ccccc1. The molecule has 0 radical (unpaired) electrons. The maximum absolute atomic E-state index is 12.9. The van der Waals surface area contributed by atoms with Crippen LogP contribution in [0.25, 0.3) is 22.7 Å². The maximum Gasteiger partial charge on any atom is 0.341 e. The Kier molecular flexibility index (Phi) is 12.4. The summed E-state index contributed by atoms with van der Waals surface area (Å²) in [5.74, 6) is 0.452. The lowest BCUT2D eigenvalue weighted by molar-refractivity contribution is 0.802.